The molecule has 0 amide bonds. The zero-order chi connectivity index (χ0) is 22.3. The van der Waals surface area contributed by atoms with E-state index in [0.29, 0.717) is 16.6 Å². The molecule has 0 bridgehead atoms. The van der Waals surface area contributed by atoms with Crippen LogP contribution in [0.15, 0.2) is 52.4 Å². The Labute approximate surface area is 178 Å². The fourth-order valence-corrected chi connectivity index (χ4v) is 4.17. The van der Waals surface area contributed by atoms with Gasteiger partial charge in [0.1, 0.15) is 9.92 Å². The van der Waals surface area contributed by atoms with E-state index in [1.165, 1.54) is 43.5 Å². The second kappa shape index (κ2) is 8.06. The molecular weight excluding hydrogens is 468 g/mol. The van der Waals surface area contributed by atoms with Crippen LogP contribution in [0.2, 0.25) is 10.0 Å². The van der Waals surface area contributed by atoms with Crippen LogP contribution >= 0.6 is 23.2 Å². The number of benzene rings is 1. The van der Waals surface area contributed by atoms with Gasteiger partial charge >= 0.3 is 6.18 Å². The molecule has 0 aliphatic carbocycles. The topological polar surface area (TPSA) is 86.0 Å². The van der Waals surface area contributed by atoms with Gasteiger partial charge in [-0.1, -0.05) is 30.1 Å². The number of hydrogen-bond donors (Lipinski definition) is 1. The third-order valence-electron chi connectivity index (χ3n) is 3.99. The fraction of sp³-hybridized carbons (Fsp3) is 0.176. The number of rotatable bonds is 5. The molecule has 0 radical (unpaired) electrons. The Hall–Kier alpha value is -2.34. The molecule has 0 spiro atoms. The summed E-state index contributed by atoms with van der Waals surface area (Å²) in [7, 11) is -4.40. The molecule has 0 fully saturated rings. The summed E-state index contributed by atoms with van der Waals surface area (Å²) in [6, 6.07) is 6.64. The highest BCUT2D eigenvalue weighted by Crippen LogP contribution is 2.35. The highest BCUT2D eigenvalue weighted by Gasteiger charge is 2.42. The lowest BCUT2D eigenvalue weighted by atomic mass is 10.2. The summed E-state index contributed by atoms with van der Waals surface area (Å²) in [5.41, 5.74) is -1.80. The molecular formula is C17H13Cl2F3N4O3S. The van der Waals surface area contributed by atoms with E-state index in [4.69, 9.17) is 23.2 Å². The Balaban J connectivity index is 2.11. The van der Waals surface area contributed by atoms with Gasteiger partial charge in [0.25, 0.3) is 5.56 Å². The monoisotopic (exact) mass is 480 g/mol. The van der Waals surface area contributed by atoms with Crippen molar-refractivity contribution < 1.29 is 21.6 Å². The Kier molecular flexibility index (Phi) is 6.01. The van der Waals surface area contributed by atoms with Gasteiger partial charge in [0, 0.05) is 18.4 Å². The van der Waals surface area contributed by atoms with Gasteiger partial charge in [-0.2, -0.15) is 18.3 Å². The van der Waals surface area contributed by atoms with Crippen molar-refractivity contribution in [3.8, 4) is 11.4 Å². The van der Waals surface area contributed by atoms with Crippen molar-refractivity contribution in [2.24, 2.45) is 0 Å². The largest absolute Gasteiger partial charge is 0.434 e. The van der Waals surface area contributed by atoms with Crippen LogP contribution in [0.1, 0.15) is 12.6 Å². The summed E-state index contributed by atoms with van der Waals surface area (Å²) < 4.78 is 68.9. The molecule has 1 N–H and O–H groups in total. The van der Waals surface area contributed by atoms with Gasteiger partial charge in [-0.3, -0.25) is 9.36 Å². The minimum Gasteiger partial charge on any atom is -0.283 e. The standard InChI is InChI=1S/C17H13Cl2F3N4O3S/c1-2-24-30(28,29)13-9-23-26(15(13)17(20,21)22)11-5-3-10(4-6-11)25-8-7-12(18)14(19)16(25)27/h3-9,24H,2H2,1H3. The SMILES string of the molecule is CCNS(=O)(=O)c1cnn(-c2ccc(-n3ccc(Cl)c(Cl)c3=O)cc2)c1C(F)(F)F. The maximum absolute atomic E-state index is 13.7. The fourth-order valence-electron chi connectivity index (χ4n) is 2.70. The zero-order valence-electron chi connectivity index (χ0n) is 15.1. The number of nitrogens with zero attached hydrogens (tertiary/aromatic N) is 3. The molecule has 3 rings (SSSR count). The molecule has 2 aromatic heterocycles. The van der Waals surface area contributed by atoms with Crippen molar-refractivity contribution in [1.82, 2.24) is 19.1 Å². The summed E-state index contributed by atoms with van der Waals surface area (Å²) in [5, 5.41) is 3.48. The quantitative estimate of drug-likeness (QED) is 0.603. The molecule has 0 saturated carbocycles. The maximum atomic E-state index is 13.7. The Morgan fingerprint density at radius 3 is 2.27 bits per heavy atom. The molecule has 2 heterocycles. The number of aromatic nitrogens is 3. The lowest BCUT2D eigenvalue weighted by Crippen LogP contribution is -2.26. The van der Waals surface area contributed by atoms with E-state index in [-0.39, 0.29) is 22.3 Å². The first-order chi connectivity index (χ1) is 14.0. The second-order valence-corrected chi connectivity index (χ2v) is 8.46. The number of sulfonamides is 1. The van der Waals surface area contributed by atoms with E-state index in [1.807, 2.05) is 4.72 Å². The first-order valence-electron chi connectivity index (χ1n) is 8.29. The number of hydrogen-bond acceptors (Lipinski definition) is 4. The van der Waals surface area contributed by atoms with E-state index in [2.05, 4.69) is 5.10 Å². The Bertz CT molecular complexity index is 1250. The van der Waals surface area contributed by atoms with Crippen LogP contribution < -0.4 is 10.3 Å². The molecule has 0 aliphatic heterocycles. The molecule has 0 atom stereocenters. The summed E-state index contributed by atoms with van der Waals surface area (Å²) in [6.45, 7) is 1.36. The van der Waals surface area contributed by atoms with E-state index >= 15 is 0 Å². The smallest absolute Gasteiger partial charge is 0.283 e. The lowest BCUT2D eigenvalue weighted by Gasteiger charge is -2.14. The van der Waals surface area contributed by atoms with Gasteiger partial charge in [-0.05, 0) is 30.3 Å². The molecule has 160 valence electrons. The highest BCUT2D eigenvalue weighted by molar-refractivity contribution is 7.89. The van der Waals surface area contributed by atoms with Crippen LogP contribution in [0, 0.1) is 0 Å². The predicted molar refractivity (Wildman–Crippen MR) is 105 cm³/mol. The minimum absolute atomic E-state index is 0.0582. The van der Waals surface area contributed by atoms with E-state index < -0.39 is 32.3 Å². The zero-order valence-corrected chi connectivity index (χ0v) is 17.4. The van der Waals surface area contributed by atoms with Crippen LogP contribution in [0.25, 0.3) is 11.4 Å². The van der Waals surface area contributed by atoms with Crippen molar-refractivity contribution in [1.29, 1.82) is 0 Å². The normalized spacial score (nSPS) is 12.3. The van der Waals surface area contributed by atoms with Crippen LogP contribution in [0.4, 0.5) is 13.2 Å². The van der Waals surface area contributed by atoms with Crippen molar-refractivity contribution in [2.75, 3.05) is 6.54 Å². The summed E-state index contributed by atoms with van der Waals surface area (Å²) in [4.78, 5) is 11.2. The molecule has 0 unspecified atom stereocenters. The van der Waals surface area contributed by atoms with E-state index in [1.54, 1.807) is 0 Å². The van der Waals surface area contributed by atoms with Crippen LogP contribution in [-0.4, -0.2) is 29.3 Å². The summed E-state index contributed by atoms with van der Waals surface area (Å²) in [6.07, 6.45) is -2.99. The lowest BCUT2D eigenvalue weighted by molar-refractivity contribution is -0.145. The predicted octanol–water partition coefficient (Wildman–Crippen LogP) is 3.65. The Morgan fingerprint density at radius 1 is 1.10 bits per heavy atom. The van der Waals surface area contributed by atoms with Crippen molar-refractivity contribution in [3.63, 3.8) is 0 Å². The number of nitrogens with one attached hydrogen (secondary N) is 1. The van der Waals surface area contributed by atoms with Crippen molar-refractivity contribution in [2.45, 2.75) is 18.0 Å². The molecule has 13 heteroatoms. The third kappa shape index (κ3) is 4.10. The van der Waals surface area contributed by atoms with Gasteiger partial charge < -0.3 is 0 Å². The van der Waals surface area contributed by atoms with Crippen molar-refractivity contribution in [3.05, 3.63) is 68.8 Å². The first kappa shape index (κ1) is 22.3. The van der Waals surface area contributed by atoms with E-state index in [0.717, 1.165) is 4.57 Å². The van der Waals surface area contributed by atoms with Gasteiger partial charge in [0.15, 0.2) is 5.69 Å². The van der Waals surface area contributed by atoms with Gasteiger partial charge in [0.05, 0.1) is 16.9 Å². The van der Waals surface area contributed by atoms with Crippen LogP contribution in [-0.2, 0) is 16.2 Å². The van der Waals surface area contributed by atoms with Gasteiger partial charge in [-0.25, -0.2) is 17.8 Å². The average molecular weight is 481 g/mol. The average Bonchev–Trinajstić information content (AvgIpc) is 3.13. The van der Waals surface area contributed by atoms with Crippen LogP contribution in [0.3, 0.4) is 0 Å². The van der Waals surface area contributed by atoms with Crippen molar-refractivity contribution >= 4 is 33.2 Å². The third-order valence-corrected chi connectivity index (χ3v) is 6.31. The number of pyridine rings is 1. The highest BCUT2D eigenvalue weighted by atomic mass is 35.5. The van der Waals surface area contributed by atoms with Gasteiger partial charge in [0.2, 0.25) is 10.0 Å². The second-order valence-electron chi connectivity index (χ2n) is 5.94. The number of alkyl halides is 3. The molecule has 0 saturated heterocycles. The van der Waals surface area contributed by atoms with E-state index in [9.17, 15) is 26.4 Å². The number of halogens is 5. The molecule has 7 nitrogen and oxygen atoms in total. The molecule has 3 aromatic rings. The summed E-state index contributed by atoms with van der Waals surface area (Å²) in [5.74, 6) is 0. The minimum atomic E-state index is -4.99. The van der Waals surface area contributed by atoms with Crippen LogP contribution in [0.5, 0.6) is 0 Å². The maximum Gasteiger partial charge on any atom is 0.434 e. The van der Waals surface area contributed by atoms with Gasteiger partial charge in [-0.15, -0.1) is 0 Å². The first-order valence-corrected chi connectivity index (χ1v) is 10.5. The Morgan fingerprint density at radius 2 is 1.70 bits per heavy atom. The molecule has 0 aliphatic rings. The molecule has 30 heavy (non-hydrogen) atoms. The summed E-state index contributed by atoms with van der Waals surface area (Å²) >= 11 is 11.6. The molecule has 1 aromatic carbocycles.